The molecule has 0 unspecified atom stereocenters. The van der Waals surface area contributed by atoms with Gasteiger partial charge in [0.15, 0.2) is 12.4 Å². The van der Waals surface area contributed by atoms with Crippen LogP contribution in [0.15, 0.2) is 54.9 Å². The summed E-state index contributed by atoms with van der Waals surface area (Å²) in [4.78, 5) is 0. The molecular formula is C14H9F9NP. The van der Waals surface area contributed by atoms with Gasteiger partial charge in [0.2, 0.25) is 5.52 Å². The molecule has 0 aliphatic heterocycles. The van der Waals surface area contributed by atoms with E-state index in [1.807, 2.05) is 24.3 Å². The molecule has 0 aliphatic rings. The van der Waals surface area contributed by atoms with Crippen LogP contribution in [0.4, 0.5) is 38.4 Å². The number of nitrogens with zero attached hydrogens (tertiary/aromatic N) is 1. The van der Waals surface area contributed by atoms with Crippen molar-refractivity contribution in [3.8, 4) is 0 Å². The molecule has 25 heavy (non-hydrogen) atoms. The summed E-state index contributed by atoms with van der Waals surface area (Å²) in [6.07, 6.45) is -1.01. The molecule has 0 spiro atoms. The van der Waals surface area contributed by atoms with Gasteiger partial charge in [-0.15, -0.1) is 0 Å². The van der Waals surface area contributed by atoms with E-state index in [1.54, 1.807) is 18.5 Å². The Bertz CT molecular complexity index is 919. The van der Waals surface area contributed by atoms with E-state index < -0.39 is 19.5 Å². The van der Waals surface area contributed by atoms with Crippen molar-refractivity contribution < 1.29 is 42.8 Å². The van der Waals surface area contributed by atoms with Gasteiger partial charge in [0.1, 0.15) is 5.56 Å². The molecule has 3 rings (SSSR count). The van der Waals surface area contributed by atoms with Crippen LogP contribution >= 0.6 is 7.81 Å². The molecule has 1 aromatic carbocycles. The second-order valence-corrected chi connectivity index (χ2v) is 6.99. The van der Waals surface area contributed by atoms with Crippen LogP contribution in [0.1, 0.15) is 5.56 Å². The summed E-state index contributed by atoms with van der Waals surface area (Å²) in [6.45, 7) is 0. The molecule has 2 heterocycles. The molecular weight excluding hydrogens is 384 g/mol. The number of pyridine rings is 2. The summed E-state index contributed by atoms with van der Waals surface area (Å²) < 4.78 is 99.4. The molecule has 0 saturated carbocycles. The van der Waals surface area contributed by atoms with E-state index in [9.17, 15) is 38.4 Å². The monoisotopic (exact) mass is 393 g/mol. The molecule has 0 N–H and O–H groups in total. The maximum absolute atomic E-state index is 12.9. The molecule has 0 aliphatic carbocycles. The number of hydrogen-bond donors (Lipinski definition) is 0. The van der Waals surface area contributed by atoms with Crippen LogP contribution in [0, 0.1) is 0 Å². The van der Waals surface area contributed by atoms with Crippen LogP contribution in [-0.4, -0.2) is 0 Å². The Hall–Kier alpha value is -2.09. The minimum absolute atomic E-state index is 0.170. The van der Waals surface area contributed by atoms with Gasteiger partial charge in [0.25, 0.3) is 0 Å². The van der Waals surface area contributed by atoms with Gasteiger partial charge < -0.3 is 0 Å². The second kappa shape index (κ2) is 5.20. The van der Waals surface area contributed by atoms with Crippen LogP contribution in [0.3, 0.4) is 0 Å². The molecule has 0 atom stereocenters. The van der Waals surface area contributed by atoms with Crippen molar-refractivity contribution in [1.29, 1.82) is 0 Å². The zero-order valence-corrected chi connectivity index (χ0v) is 12.9. The van der Waals surface area contributed by atoms with Crippen LogP contribution in [0.25, 0.3) is 16.3 Å². The second-order valence-electron chi connectivity index (χ2n) is 5.07. The molecule has 0 bridgehead atoms. The fourth-order valence-electron chi connectivity index (χ4n) is 2.10. The summed E-state index contributed by atoms with van der Waals surface area (Å²) in [7, 11) is -10.7. The fraction of sp³-hybridized carbons (Fsp3) is 0.0714. The average Bonchev–Trinajstić information content (AvgIpc) is 2.40. The standard InChI is InChI=1S/C14H9F3N.F6P/c15-14(16,17)12-6-3-7-18-9-11-5-2-1-4-10(11)8-13(12)18;1-7(2,3,4,5)6/h1-9H;/q+1;-1. The zero-order chi connectivity index (χ0) is 19.2. The van der Waals surface area contributed by atoms with E-state index in [0.29, 0.717) is 0 Å². The molecule has 3 aromatic rings. The number of benzene rings is 1. The first kappa shape index (κ1) is 19.2. The van der Waals surface area contributed by atoms with Crippen LogP contribution in [0.5, 0.6) is 0 Å². The minimum atomic E-state index is -10.7. The first-order valence-corrected chi connectivity index (χ1v) is 8.50. The normalized spacial score (nSPS) is 15.2. The summed E-state index contributed by atoms with van der Waals surface area (Å²) in [5.74, 6) is 0. The number of fused-ring (bicyclic) bond motifs is 2. The predicted molar refractivity (Wildman–Crippen MR) is 75.7 cm³/mol. The summed E-state index contributed by atoms with van der Waals surface area (Å²) >= 11 is 0. The molecule has 0 amide bonds. The van der Waals surface area contributed by atoms with Gasteiger partial charge in [0, 0.05) is 17.5 Å². The van der Waals surface area contributed by atoms with E-state index in [2.05, 4.69) is 0 Å². The van der Waals surface area contributed by atoms with Gasteiger partial charge in [0.05, 0.1) is 0 Å². The first-order chi connectivity index (χ1) is 11.0. The Morgan fingerprint density at radius 1 is 0.760 bits per heavy atom. The molecule has 2 aromatic heterocycles. The average molecular weight is 393 g/mol. The molecule has 1 nitrogen and oxygen atoms in total. The van der Waals surface area contributed by atoms with E-state index >= 15 is 0 Å². The molecule has 0 saturated heterocycles. The van der Waals surface area contributed by atoms with Crippen molar-refractivity contribution in [3.05, 3.63) is 60.4 Å². The Balaban J connectivity index is 0.000000277. The predicted octanol–water partition coefficient (Wildman–Crippen LogP) is 6.98. The first-order valence-electron chi connectivity index (χ1n) is 6.47. The van der Waals surface area contributed by atoms with Crippen molar-refractivity contribution in [1.82, 2.24) is 0 Å². The number of aromatic nitrogens is 1. The molecule has 0 fully saturated rings. The van der Waals surface area contributed by atoms with Gasteiger partial charge >= 0.3 is 39.2 Å². The van der Waals surface area contributed by atoms with Gasteiger partial charge in [-0.1, -0.05) is 18.2 Å². The number of rotatable bonds is 0. The van der Waals surface area contributed by atoms with Gasteiger partial charge in [-0.05, 0) is 17.5 Å². The molecule has 0 radical (unpaired) electrons. The van der Waals surface area contributed by atoms with Gasteiger partial charge in [-0.2, -0.15) is 17.6 Å². The molecule has 11 heteroatoms. The number of halogens is 9. The zero-order valence-electron chi connectivity index (χ0n) is 12.0. The fourth-order valence-corrected chi connectivity index (χ4v) is 2.10. The van der Waals surface area contributed by atoms with Crippen LogP contribution in [-0.2, 0) is 6.18 Å². The summed E-state index contributed by atoms with van der Waals surface area (Å²) in [5, 5.41) is 1.71. The van der Waals surface area contributed by atoms with E-state index in [4.69, 9.17) is 0 Å². The van der Waals surface area contributed by atoms with Crippen molar-refractivity contribution in [3.63, 3.8) is 0 Å². The number of alkyl halides is 3. The summed E-state index contributed by atoms with van der Waals surface area (Å²) in [5.41, 5.74) is -0.445. The van der Waals surface area contributed by atoms with E-state index in [1.165, 1.54) is 10.5 Å². The third-order valence-electron chi connectivity index (χ3n) is 2.94. The van der Waals surface area contributed by atoms with E-state index in [0.717, 1.165) is 16.8 Å². The Kier molecular flexibility index (Phi) is 4.00. The SMILES string of the molecule is FC(F)(F)c1ccc[n+]2cc3ccccc3cc12.F[P-](F)(F)(F)(F)F. The molecule has 138 valence electrons. The Morgan fingerprint density at radius 2 is 1.28 bits per heavy atom. The third-order valence-corrected chi connectivity index (χ3v) is 2.94. The van der Waals surface area contributed by atoms with Crippen molar-refractivity contribution in [2.24, 2.45) is 0 Å². The van der Waals surface area contributed by atoms with Gasteiger partial charge in [-0.3, -0.25) is 0 Å². The topological polar surface area (TPSA) is 4.10 Å². The van der Waals surface area contributed by atoms with Crippen molar-refractivity contribution in [2.45, 2.75) is 6.18 Å². The Labute approximate surface area is 134 Å². The third kappa shape index (κ3) is 6.38. The van der Waals surface area contributed by atoms with E-state index in [-0.39, 0.29) is 5.52 Å². The van der Waals surface area contributed by atoms with Crippen molar-refractivity contribution in [2.75, 3.05) is 0 Å². The van der Waals surface area contributed by atoms with Crippen molar-refractivity contribution >= 4 is 24.1 Å². The van der Waals surface area contributed by atoms with Crippen LogP contribution < -0.4 is 4.40 Å². The maximum atomic E-state index is 12.9. The quantitative estimate of drug-likeness (QED) is 0.168. The number of hydrogen-bond acceptors (Lipinski definition) is 0. The summed E-state index contributed by atoms with van der Waals surface area (Å²) in [6, 6.07) is 11.4. The Morgan fingerprint density at radius 3 is 1.80 bits per heavy atom. The van der Waals surface area contributed by atoms with Gasteiger partial charge in [-0.25, -0.2) is 0 Å². The van der Waals surface area contributed by atoms with Crippen LogP contribution in [0.2, 0.25) is 0 Å².